The van der Waals surface area contributed by atoms with E-state index in [2.05, 4.69) is 25.9 Å². The molecule has 9 nitrogen and oxygen atoms in total. The van der Waals surface area contributed by atoms with Crippen molar-refractivity contribution in [2.45, 2.75) is 18.9 Å². The topological polar surface area (TPSA) is 111 Å². The van der Waals surface area contributed by atoms with E-state index < -0.39 is 6.04 Å². The SMILES string of the molecule is O=C1CCC(C(=O)NCCOc2ccc3nnc(-c4cccc(F)c4)n3n2)N1. The van der Waals surface area contributed by atoms with E-state index in [4.69, 9.17) is 4.74 Å². The maximum Gasteiger partial charge on any atom is 0.242 e. The Kier molecular flexibility index (Phi) is 4.83. The number of rotatable bonds is 6. The van der Waals surface area contributed by atoms with Crippen LogP contribution in [0.15, 0.2) is 36.4 Å². The summed E-state index contributed by atoms with van der Waals surface area (Å²) >= 11 is 0. The predicted octanol–water partition coefficient (Wildman–Crippen LogP) is 0.704. The maximum atomic E-state index is 13.5. The van der Waals surface area contributed by atoms with Crippen LogP contribution < -0.4 is 15.4 Å². The minimum Gasteiger partial charge on any atom is -0.475 e. The van der Waals surface area contributed by atoms with E-state index >= 15 is 0 Å². The van der Waals surface area contributed by atoms with Gasteiger partial charge in [0.25, 0.3) is 0 Å². The average molecular weight is 384 g/mol. The summed E-state index contributed by atoms with van der Waals surface area (Å²) in [5, 5.41) is 17.7. The summed E-state index contributed by atoms with van der Waals surface area (Å²) in [7, 11) is 0. The molecular formula is C18H17FN6O3. The molecule has 1 aromatic carbocycles. The van der Waals surface area contributed by atoms with E-state index in [0.29, 0.717) is 35.8 Å². The quantitative estimate of drug-likeness (QED) is 0.606. The van der Waals surface area contributed by atoms with Gasteiger partial charge in [-0.15, -0.1) is 15.3 Å². The first kappa shape index (κ1) is 17.8. The van der Waals surface area contributed by atoms with E-state index in [1.54, 1.807) is 24.3 Å². The van der Waals surface area contributed by atoms with E-state index in [1.807, 2.05) is 0 Å². The van der Waals surface area contributed by atoms with Crippen LogP contribution in [0.4, 0.5) is 4.39 Å². The number of hydrogen-bond acceptors (Lipinski definition) is 6. The number of hydrogen-bond donors (Lipinski definition) is 2. The molecule has 0 spiro atoms. The van der Waals surface area contributed by atoms with Crippen molar-refractivity contribution in [1.29, 1.82) is 0 Å². The van der Waals surface area contributed by atoms with Crippen molar-refractivity contribution >= 4 is 17.5 Å². The molecule has 1 saturated heterocycles. The van der Waals surface area contributed by atoms with Crippen LogP contribution >= 0.6 is 0 Å². The molecule has 1 aliphatic heterocycles. The number of aromatic nitrogens is 4. The minimum atomic E-state index is -0.479. The second-order valence-electron chi connectivity index (χ2n) is 6.27. The number of ether oxygens (including phenoxy) is 1. The Bertz CT molecular complexity index is 1040. The number of halogens is 1. The van der Waals surface area contributed by atoms with Crippen LogP contribution in [0.1, 0.15) is 12.8 Å². The first-order chi connectivity index (χ1) is 13.6. The van der Waals surface area contributed by atoms with Gasteiger partial charge in [0, 0.05) is 18.1 Å². The van der Waals surface area contributed by atoms with Crippen molar-refractivity contribution in [3.8, 4) is 17.3 Å². The second kappa shape index (κ2) is 7.59. The van der Waals surface area contributed by atoms with Gasteiger partial charge >= 0.3 is 0 Å². The summed E-state index contributed by atoms with van der Waals surface area (Å²) in [6.45, 7) is 0.464. The summed E-state index contributed by atoms with van der Waals surface area (Å²) in [6.07, 6.45) is 0.866. The van der Waals surface area contributed by atoms with Crippen LogP contribution in [0.2, 0.25) is 0 Å². The van der Waals surface area contributed by atoms with E-state index in [-0.39, 0.29) is 30.8 Å². The third kappa shape index (κ3) is 3.75. The first-order valence-electron chi connectivity index (χ1n) is 8.78. The van der Waals surface area contributed by atoms with Crippen LogP contribution in [-0.4, -0.2) is 50.8 Å². The molecule has 4 rings (SSSR count). The Morgan fingerprint density at radius 3 is 3.00 bits per heavy atom. The van der Waals surface area contributed by atoms with Crippen molar-refractivity contribution in [2.75, 3.05) is 13.2 Å². The fraction of sp³-hybridized carbons (Fsp3) is 0.278. The Hall–Kier alpha value is -3.56. The summed E-state index contributed by atoms with van der Waals surface area (Å²) < 4.78 is 20.5. The zero-order valence-corrected chi connectivity index (χ0v) is 14.8. The van der Waals surface area contributed by atoms with Gasteiger partial charge in [0.15, 0.2) is 11.5 Å². The normalized spacial score (nSPS) is 16.2. The number of nitrogens with zero attached hydrogens (tertiary/aromatic N) is 4. The van der Waals surface area contributed by atoms with Gasteiger partial charge in [-0.3, -0.25) is 9.59 Å². The number of carbonyl (C=O) groups is 2. The molecule has 0 aliphatic carbocycles. The minimum absolute atomic E-state index is 0.114. The fourth-order valence-corrected chi connectivity index (χ4v) is 2.92. The predicted molar refractivity (Wildman–Crippen MR) is 95.8 cm³/mol. The molecule has 1 unspecified atom stereocenters. The van der Waals surface area contributed by atoms with Gasteiger partial charge in [-0.25, -0.2) is 4.39 Å². The Labute approximate surface area is 158 Å². The summed E-state index contributed by atoms with van der Waals surface area (Å²) in [4.78, 5) is 23.1. The highest BCUT2D eigenvalue weighted by Crippen LogP contribution is 2.19. The van der Waals surface area contributed by atoms with Gasteiger partial charge in [-0.1, -0.05) is 12.1 Å². The van der Waals surface area contributed by atoms with E-state index in [1.165, 1.54) is 16.6 Å². The molecule has 1 fully saturated rings. The van der Waals surface area contributed by atoms with Crippen molar-refractivity contribution in [2.24, 2.45) is 0 Å². The molecule has 28 heavy (non-hydrogen) atoms. The van der Waals surface area contributed by atoms with Gasteiger partial charge in [0.2, 0.25) is 17.7 Å². The highest BCUT2D eigenvalue weighted by atomic mass is 19.1. The second-order valence-corrected chi connectivity index (χ2v) is 6.27. The molecule has 1 atom stereocenters. The van der Waals surface area contributed by atoms with Crippen LogP contribution in [0.3, 0.4) is 0 Å². The fourth-order valence-electron chi connectivity index (χ4n) is 2.92. The zero-order valence-electron chi connectivity index (χ0n) is 14.8. The molecule has 0 bridgehead atoms. The van der Waals surface area contributed by atoms with E-state index in [0.717, 1.165) is 0 Å². The molecule has 144 valence electrons. The standard InChI is InChI=1S/C18H17FN6O3/c19-12-3-1-2-11(10-12)17-23-22-14-5-7-16(24-25(14)17)28-9-8-20-18(27)13-4-6-15(26)21-13/h1-3,5,7,10,13H,4,6,8-9H2,(H,20,27)(H,21,26). The lowest BCUT2D eigenvalue weighted by Crippen LogP contribution is -2.42. The van der Waals surface area contributed by atoms with Crippen molar-refractivity contribution in [1.82, 2.24) is 30.4 Å². The molecule has 0 saturated carbocycles. The monoisotopic (exact) mass is 384 g/mol. The smallest absolute Gasteiger partial charge is 0.242 e. The molecular weight excluding hydrogens is 367 g/mol. The zero-order chi connectivity index (χ0) is 19.5. The van der Waals surface area contributed by atoms with Crippen LogP contribution in [0.5, 0.6) is 5.88 Å². The van der Waals surface area contributed by atoms with Gasteiger partial charge in [-0.2, -0.15) is 4.52 Å². The van der Waals surface area contributed by atoms with Gasteiger partial charge in [0.1, 0.15) is 18.5 Å². The molecule has 1 aliphatic rings. The van der Waals surface area contributed by atoms with Crippen molar-refractivity contribution in [3.05, 3.63) is 42.2 Å². The average Bonchev–Trinajstić information content (AvgIpc) is 3.31. The molecule has 2 N–H and O–H groups in total. The molecule has 10 heteroatoms. The van der Waals surface area contributed by atoms with Crippen LogP contribution in [0, 0.1) is 5.82 Å². The third-order valence-electron chi connectivity index (χ3n) is 4.28. The Morgan fingerprint density at radius 1 is 1.32 bits per heavy atom. The van der Waals surface area contributed by atoms with E-state index in [9.17, 15) is 14.0 Å². The Balaban J connectivity index is 1.39. The molecule has 3 aromatic rings. The molecule has 2 aromatic heterocycles. The number of carbonyl (C=O) groups excluding carboxylic acids is 2. The number of amides is 2. The lowest BCUT2D eigenvalue weighted by molar-refractivity contribution is -0.125. The third-order valence-corrected chi connectivity index (χ3v) is 4.28. The molecule has 3 heterocycles. The Morgan fingerprint density at radius 2 is 2.21 bits per heavy atom. The van der Waals surface area contributed by atoms with Crippen molar-refractivity contribution in [3.63, 3.8) is 0 Å². The molecule has 0 radical (unpaired) electrons. The van der Waals surface area contributed by atoms with Gasteiger partial charge < -0.3 is 15.4 Å². The number of benzene rings is 1. The van der Waals surface area contributed by atoms with Crippen molar-refractivity contribution < 1.29 is 18.7 Å². The lowest BCUT2D eigenvalue weighted by Gasteiger charge is -2.11. The van der Waals surface area contributed by atoms with Crippen LogP contribution in [-0.2, 0) is 9.59 Å². The highest BCUT2D eigenvalue weighted by molar-refractivity contribution is 5.90. The lowest BCUT2D eigenvalue weighted by atomic mass is 10.2. The first-order valence-corrected chi connectivity index (χ1v) is 8.78. The van der Waals surface area contributed by atoms with Gasteiger partial charge in [0.05, 0.1) is 6.54 Å². The summed E-state index contributed by atoms with van der Waals surface area (Å²) in [5.41, 5.74) is 1.04. The summed E-state index contributed by atoms with van der Waals surface area (Å²) in [6, 6.07) is 8.84. The largest absolute Gasteiger partial charge is 0.475 e. The number of nitrogens with one attached hydrogen (secondary N) is 2. The molecule has 2 amide bonds. The highest BCUT2D eigenvalue weighted by Gasteiger charge is 2.26. The maximum absolute atomic E-state index is 13.5. The summed E-state index contributed by atoms with van der Waals surface area (Å²) in [5.74, 6) is -0.0172. The van der Waals surface area contributed by atoms with Gasteiger partial charge in [-0.05, 0) is 24.6 Å². The number of fused-ring (bicyclic) bond motifs is 1. The van der Waals surface area contributed by atoms with Crippen LogP contribution in [0.25, 0.3) is 17.0 Å².